The molecule has 190 valence electrons. The van der Waals surface area contributed by atoms with Gasteiger partial charge in [0.25, 0.3) is 0 Å². The molecule has 0 bridgehead atoms. The third-order valence-corrected chi connectivity index (χ3v) is 5.11. The molecule has 1 aromatic rings. The zero-order valence-electron chi connectivity index (χ0n) is 19.9. The summed E-state index contributed by atoms with van der Waals surface area (Å²) in [6.45, 7) is 4.61. The zero-order valence-corrected chi connectivity index (χ0v) is 19.9. The molecule has 1 aromatic carbocycles. The van der Waals surface area contributed by atoms with E-state index in [0.29, 0.717) is 19.4 Å². The van der Waals surface area contributed by atoms with E-state index in [0.717, 1.165) is 5.56 Å². The van der Waals surface area contributed by atoms with Crippen LogP contribution in [0.5, 0.6) is 0 Å². The Morgan fingerprint density at radius 2 is 1.56 bits per heavy atom. The number of aliphatic hydroxyl groups is 1. The molecule has 34 heavy (non-hydrogen) atoms. The van der Waals surface area contributed by atoms with Gasteiger partial charge in [-0.05, 0) is 52.1 Å². The molecule has 0 aromatic heterocycles. The summed E-state index contributed by atoms with van der Waals surface area (Å²) in [6, 6.07) is 5.15. The highest BCUT2D eigenvalue weighted by atomic mass is 16.4. The van der Waals surface area contributed by atoms with Gasteiger partial charge in [0.05, 0.1) is 11.6 Å². The van der Waals surface area contributed by atoms with Gasteiger partial charge in [0.2, 0.25) is 17.7 Å². The minimum Gasteiger partial charge on any atom is -0.480 e. The van der Waals surface area contributed by atoms with Crippen LogP contribution in [0.3, 0.4) is 0 Å². The lowest BCUT2D eigenvalue weighted by Crippen LogP contribution is -2.61. The second-order valence-electron chi connectivity index (χ2n) is 8.85. The van der Waals surface area contributed by atoms with E-state index in [9.17, 15) is 29.4 Å². The van der Waals surface area contributed by atoms with Crippen LogP contribution in [-0.2, 0) is 25.6 Å². The largest absolute Gasteiger partial charge is 0.480 e. The number of unbranched alkanes of at least 4 members (excludes halogenated alkanes) is 1. The van der Waals surface area contributed by atoms with Gasteiger partial charge in [-0.3, -0.25) is 14.4 Å². The van der Waals surface area contributed by atoms with Gasteiger partial charge in [0, 0.05) is 6.42 Å². The number of benzene rings is 1. The first kappa shape index (κ1) is 29.0. The van der Waals surface area contributed by atoms with Crippen LogP contribution >= 0.6 is 0 Å². The van der Waals surface area contributed by atoms with Crippen molar-refractivity contribution in [2.24, 2.45) is 11.5 Å². The van der Waals surface area contributed by atoms with Crippen molar-refractivity contribution in [2.45, 2.75) is 76.2 Å². The van der Waals surface area contributed by atoms with E-state index in [1.54, 1.807) is 30.3 Å². The number of hydrogen-bond acceptors (Lipinski definition) is 7. The molecule has 0 fully saturated rings. The number of carbonyl (C=O) groups excluding carboxylic acids is 3. The minimum atomic E-state index is -1.37. The van der Waals surface area contributed by atoms with Gasteiger partial charge >= 0.3 is 5.97 Å². The molecule has 11 nitrogen and oxygen atoms in total. The molecule has 3 amide bonds. The van der Waals surface area contributed by atoms with Crippen molar-refractivity contribution in [3.05, 3.63) is 35.9 Å². The number of rotatable bonds is 14. The average Bonchev–Trinajstić information content (AvgIpc) is 2.75. The number of aliphatic carboxylic acids is 1. The maximum atomic E-state index is 13.0. The number of amides is 3. The SMILES string of the molecule is C[C@@H](O)[C@H](NC(=O)C(C)(C)N)C(=O)N[C@@H](Cc1ccccc1)C(=O)N[C@@H](CCCCN)C(=O)O. The fraction of sp³-hybridized carbons (Fsp3) is 0.565. The lowest BCUT2D eigenvalue weighted by molar-refractivity contribution is -0.142. The van der Waals surface area contributed by atoms with Crippen LogP contribution in [0.25, 0.3) is 0 Å². The summed E-state index contributed by atoms with van der Waals surface area (Å²) >= 11 is 0. The molecular formula is C23H37N5O6. The predicted molar refractivity (Wildman–Crippen MR) is 126 cm³/mol. The van der Waals surface area contributed by atoms with Crippen molar-refractivity contribution >= 4 is 23.7 Å². The summed E-state index contributed by atoms with van der Waals surface area (Å²) in [5, 5.41) is 27.0. The van der Waals surface area contributed by atoms with Gasteiger partial charge in [0.15, 0.2) is 0 Å². The highest BCUT2D eigenvalue weighted by Crippen LogP contribution is 2.08. The maximum Gasteiger partial charge on any atom is 0.326 e. The van der Waals surface area contributed by atoms with Crippen LogP contribution in [0.4, 0.5) is 0 Å². The van der Waals surface area contributed by atoms with Crippen molar-refractivity contribution < 1.29 is 29.4 Å². The predicted octanol–water partition coefficient (Wildman–Crippen LogP) is -0.985. The van der Waals surface area contributed by atoms with Gasteiger partial charge in [0.1, 0.15) is 18.1 Å². The number of carboxylic acid groups (broad SMARTS) is 1. The lowest BCUT2D eigenvalue weighted by atomic mass is 10.0. The maximum absolute atomic E-state index is 13.0. The second kappa shape index (κ2) is 13.6. The number of nitrogens with two attached hydrogens (primary N) is 2. The van der Waals surface area contributed by atoms with Gasteiger partial charge in [-0.25, -0.2) is 4.79 Å². The molecule has 0 saturated carbocycles. The van der Waals surface area contributed by atoms with Crippen molar-refractivity contribution in [3.63, 3.8) is 0 Å². The van der Waals surface area contributed by atoms with Crippen molar-refractivity contribution in [1.82, 2.24) is 16.0 Å². The fourth-order valence-corrected chi connectivity index (χ4v) is 3.08. The Labute approximate surface area is 199 Å². The number of hydrogen-bond donors (Lipinski definition) is 7. The quantitative estimate of drug-likeness (QED) is 0.165. The van der Waals surface area contributed by atoms with Gasteiger partial charge in [-0.1, -0.05) is 30.3 Å². The molecule has 0 unspecified atom stereocenters. The Morgan fingerprint density at radius 3 is 2.06 bits per heavy atom. The van der Waals surface area contributed by atoms with Gasteiger partial charge < -0.3 is 37.6 Å². The highest BCUT2D eigenvalue weighted by molar-refractivity contribution is 5.95. The average molecular weight is 480 g/mol. The van der Waals surface area contributed by atoms with Crippen LogP contribution in [0, 0.1) is 0 Å². The number of nitrogens with one attached hydrogen (secondary N) is 3. The zero-order chi connectivity index (χ0) is 25.9. The summed E-state index contributed by atoms with van der Waals surface area (Å²) in [6.07, 6.45) is 0.0826. The summed E-state index contributed by atoms with van der Waals surface area (Å²) in [5.41, 5.74) is 10.6. The van der Waals surface area contributed by atoms with E-state index in [-0.39, 0.29) is 12.8 Å². The molecule has 0 aliphatic carbocycles. The summed E-state index contributed by atoms with van der Waals surface area (Å²) in [4.78, 5) is 49.8. The van der Waals surface area contributed by atoms with Crippen LogP contribution in [-0.4, -0.2) is 70.2 Å². The summed E-state index contributed by atoms with van der Waals surface area (Å²) < 4.78 is 0. The van der Waals surface area contributed by atoms with E-state index in [1.165, 1.54) is 20.8 Å². The first-order chi connectivity index (χ1) is 15.9. The van der Waals surface area contributed by atoms with Crippen LogP contribution in [0.15, 0.2) is 30.3 Å². The first-order valence-corrected chi connectivity index (χ1v) is 11.2. The molecule has 11 heteroatoms. The van der Waals surface area contributed by atoms with E-state index in [2.05, 4.69) is 16.0 Å². The number of carboxylic acids is 1. The van der Waals surface area contributed by atoms with Crippen molar-refractivity contribution in [3.8, 4) is 0 Å². The minimum absolute atomic E-state index is 0.0659. The molecule has 0 heterocycles. The van der Waals surface area contributed by atoms with E-state index in [4.69, 9.17) is 11.5 Å². The van der Waals surface area contributed by atoms with Crippen LogP contribution < -0.4 is 27.4 Å². The van der Waals surface area contributed by atoms with Crippen molar-refractivity contribution in [1.29, 1.82) is 0 Å². The topological polar surface area (TPSA) is 197 Å². The third kappa shape index (κ3) is 9.86. The standard InChI is InChI=1S/C23H37N5O6/c1-14(29)18(28-22(34)23(2,3)25)20(31)27-17(13-15-9-5-4-6-10-15)19(30)26-16(21(32)33)11-7-8-12-24/h4-6,9-10,14,16-18,29H,7-8,11-13,24-25H2,1-3H3,(H,26,30)(H,27,31)(H,28,34)(H,32,33)/t14-,16+,17+,18+/m1/s1. The molecule has 9 N–H and O–H groups in total. The Kier molecular flexibility index (Phi) is 11.6. The van der Waals surface area contributed by atoms with E-state index >= 15 is 0 Å². The molecule has 0 radical (unpaired) electrons. The highest BCUT2D eigenvalue weighted by Gasteiger charge is 2.34. The third-order valence-electron chi connectivity index (χ3n) is 5.11. The Morgan fingerprint density at radius 1 is 0.971 bits per heavy atom. The first-order valence-electron chi connectivity index (χ1n) is 11.2. The van der Waals surface area contributed by atoms with E-state index in [1.807, 2.05) is 0 Å². The summed E-state index contributed by atoms with van der Waals surface area (Å²) in [7, 11) is 0. The fourth-order valence-electron chi connectivity index (χ4n) is 3.08. The van der Waals surface area contributed by atoms with Crippen LogP contribution in [0.2, 0.25) is 0 Å². The normalized spacial score (nSPS) is 14.9. The van der Waals surface area contributed by atoms with Gasteiger partial charge in [-0.2, -0.15) is 0 Å². The Balaban J connectivity index is 3.08. The number of aliphatic hydroxyl groups excluding tert-OH is 1. The Hall–Kier alpha value is -3.02. The van der Waals surface area contributed by atoms with Gasteiger partial charge in [-0.15, -0.1) is 0 Å². The van der Waals surface area contributed by atoms with Crippen molar-refractivity contribution in [2.75, 3.05) is 6.54 Å². The molecule has 0 aliphatic heterocycles. The molecule has 0 aliphatic rings. The lowest BCUT2D eigenvalue weighted by Gasteiger charge is -2.28. The van der Waals surface area contributed by atoms with Crippen LogP contribution in [0.1, 0.15) is 45.6 Å². The second-order valence-corrected chi connectivity index (χ2v) is 8.85. The molecule has 1 rings (SSSR count). The van der Waals surface area contributed by atoms with E-state index < -0.39 is 53.5 Å². The molecule has 0 saturated heterocycles. The number of carbonyl (C=O) groups is 4. The molecule has 4 atom stereocenters. The molecular weight excluding hydrogens is 442 g/mol. The molecule has 0 spiro atoms. The Bertz CT molecular complexity index is 825. The smallest absolute Gasteiger partial charge is 0.326 e. The monoisotopic (exact) mass is 479 g/mol. The summed E-state index contributed by atoms with van der Waals surface area (Å²) in [5.74, 6) is -3.37.